The van der Waals surface area contributed by atoms with Crippen LogP contribution in [-0.4, -0.2) is 35.8 Å². The van der Waals surface area contributed by atoms with Crippen molar-refractivity contribution in [1.29, 1.82) is 0 Å². The molecule has 1 atom stereocenters. The molecule has 0 aliphatic carbocycles. The molecule has 1 saturated heterocycles. The van der Waals surface area contributed by atoms with Crippen molar-refractivity contribution in [2.75, 3.05) is 18.5 Å². The fourth-order valence-electron chi connectivity index (χ4n) is 3.07. The molecular weight excluding hydrogens is 371 g/mol. The van der Waals surface area contributed by atoms with Crippen LogP contribution in [0.3, 0.4) is 0 Å². The predicted octanol–water partition coefficient (Wildman–Crippen LogP) is 3.37. The summed E-state index contributed by atoms with van der Waals surface area (Å²) >= 11 is 1.60. The number of nitrogens with zero attached hydrogens (tertiary/aromatic N) is 1. The van der Waals surface area contributed by atoms with Gasteiger partial charge in [0.1, 0.15) is 5.82 Å². The monoisotopic (exact) mass is 390 g/mol. The summed E-state index contributed by atoms with van der Waals surface area (Å²) in [7, 11) is 0. The van der Waals surface area contributed by atoms with E-state index >= 15 is 0 Å². The fourth-order valence-corrected chi connectivity index (χ4v) is 3.95. The quantitative estimate of drug-likeness (QED) is 0.795. The molecule has 27 heavy (non-hydrogen) atoms. The Balaban J connectivity index is 1.62. The first-order valence-corrected chi connectivity index (χ1v) is 9.41. The van der Waals surface area contributed by atoms with Gasteiger partial charge in [-0.1, -0.05) is 6.07 Å². The summed E-state index contributed by atoms with van der Waals surface area (Å²) in [6.07, 6.45) is 1.79. The van der Waals surface area contributed by atoms with E-state index in [0.717, 1.165) is 23.8 Å². The summed E-state index contributed by atoms with van der Waals surface area (Å²) in [5.74, 6) is -2.12. The van der Waals surface area contributed by atoms with Gasteiger partial charge in [-0.15, -0.1) is 11.3 Å². The van der Waals surface area contributed by atoms with Gasteiger partial charge in [0, 0.05) is 18.3 Å². The highest BCUT2D eigenvalue weighted by molar-refractivity contribution is 7.10. The van der Waals surface area contributed by atoms with E-state index in [1.165, 1.54) is 19.1 Å². The van der Waals surface area contributed by atoms with Gasteiger partial charge >= 0.3 is 5.97 Å². The van der Waals surface area contributed by atoms with Crippen molar-refractivity contribution in [2.24, 2.45) is 0 Å². The van der Waals surface area contributed by atoms with Gasteiger partial charge in [0.05, 0.1) is 17.3 Å². The number of carbonyl (C=O) groups excluding carboxylic acids is 3. The molecule has 0 spiro atoms. The molecule has 2 aromatic rings. The second kappa shape index (κ2) is 8.30. The van der Waals surface area contributed by atoms with Crippen molar-refractivity contribution in [2.45, 2.75) is 25.8 Å². The topological polar surface area (TPSA) is 75.7 Å². The Labute approximate surface area is 159 Å². The van der Waals surface area contributed by atoms with Crippen molar-refractivity contribution in [1.82, 2.24) is 4.90 Å². The number of esters is 1. The second-order valence-electron chi connectivity index (χ2n) is 6.21. The Hall–Kier alpha value is -2.74. The van der Waals surface area contributed by atoms with Crippen LogP contribution in [0.2, 0.25) is 0 Å². The number of halogens is 1. The van der Waals surface area contributed by atoms with Crippen LogP contribution in [0, 0.1) is 5.82 Å². The number of nitrogens with one attached hydrogen (secondary N) is 1. The van der Waals surface area contributed by atoms with Crippen molar-refractivity contribution in [3.63, 3.8) is 0 Å². The lowest BCUT2D eigenvalue weighted by atomic mass is 10.2. The SMILES string of the molecule is CC(=O)Nc1cc(C(=O)OCC(=O)N2CCCC2c2cccs2)ccc1F. The minimum Gasteiger partial charge on any atom is -0.452 e. The molecule has 1 aliphatic rings. The van der Waals surface area contributed by atoms with E-state index in [1.54, 1.807) is 16.2 Å². The van der Waals surface area contributed by atoms with Gasteiger partial charge < -0.3 is 15.0 Å². The highest BCUT2D eigenvalue weighted by Crippen LogP contribution is 2.34. The maximum atomic E-state index is 13.7. The Morgan fingerprint density at radius 1 is 1.33 bits per heavy atom. The maximum Gasteiger partial charge on any atom is 0.338 e. The third kappa shape index (κ3) is 4.51. The fraction of sp³-hybridized carbons (Fsp3) is 0.316. The standard InChI is InChI=1S/C19H19FN2O4S/c1-12(23)21-15-10-13(6-7-14(15)20)19(25)26-11-18(24)22-8-2-4-16(22)17-5-3-9-27-17/h3,5-7,9-10,16H,2,4,8,11H2,1H3,(H,21,23). The first-order chi connectivity index (χ1) is 13.0. The van der Waals surface area contributed by atoms with Gasteiger partial charge in [0.15, 0.2) is 6.61 Å². The van der Waals surface area contributed by atoms with Crippen molar-refractivity contribution < 1.29 is 23.5 Å². The number of anilines is 1. The lowest BCUT2D eigenvalue weighted by molar-refractivity contribution is -0.135. The van der Waals surface area contributed by atoms with E-state index in [0.29, 0.717) is 6.54 Å². The summed E-state index contributed by atoms with van der Waals surface area (Å²) in [4.78, 5) is 38.6. The van der Waals surface area contributed by atoms with Crippen molar-refractivity contribution in [3.05, 3.63) is 52.0 Å². The lowest BCUT2D eigenvalue weighted by Crippen LogP contribution is -2.34. The van der Waals surface area contributed by atoms with Gasteiger partial charge in [-0.25, -0.2) is 9.18 Å². The first kappa shape index (κ1) is 19.0. The van der Waals surface area contributed by atoms with E-state index < -0.39 is 17.7 Å². The number of amides is 2. The third-order valence-electron chi connectivity index (χ3n) is 4.28. The Bertz CT molecular complexity index is 853. The minimum atomic E-state index is -0.748. The van der Waals surface area contributed by atoms with Gasteiger partial charge in [0.2, 0.25) is 5.91 Å². The van der Waals surface area contributed by atoms with Crippen LogP contribution >= 0.6 is 11.3 Å². The molecule has 1 aromatic carbocycles. The van der Waals surface area contributed by atoms with E-state index in [9.17, 15) is 18.8 Å². The summed E-state index contributed by atoms with van der Waals surface area (Å²) in [5, 5.41) is 4.27. The van der Waals surface area contributed by atoms with Crippen LogP contribution < -0.4 is 5.32 Å². The van der Waals surface area contributed by atoms with E-state index in [2.05, 4.69) is 5.32 Å². The zero-order chi connectivity index (χ0) is 19.4. The number of hydrogen-bond donors (Lipinski definition) is 1. The molecule has 0 bridgehead atoms. The summed E-state index contributed by atoms with van der Waals surface area (Å²) < 4.78 is 18.8. The third-order valence-corrected chi connectivity index (χ3v) is 5.26. The number of likely N-dealkylation sites (tertiary alicyclic amines) is 1. The Kier molecular flexibility index (Phi) is 5.85. The number of rotatable bonds is 5. The van der Waals surface area contributed by atoms with Crippen molar-refractivity contribution >= 4 is 34.8 Å². The number of benzene rings is 1. The Morgan fingerprint density at radius 3 is 2.85 bits per heavy atom. The molecule has 0 radical (unpaired) electrons. The number of ether oxygens (including phenoxy) is 1. The zero-order valence-corrected chi connectivity index (χ0v) is 15.6. The summed E-state index contributed by atoms with van der Waals surface area (Å²) in [6.45, 7) is 1.49. The molecule has 0 saturated carbocycles. The summed E-state index contributed by atoms with van der Waals surface area (Å²) in [5.41, 5.74) is -0.0512. The molecule has 142 valence electrons. The number of thiophene rings is 1. The molecule has 1 aromatic heterocycles. The minimum absolute atomic E-state index is 0.0217. The van der Waals surface area contributed by atoms with Gasteiger partial charge in [-0.2, -0.15) is 0 Å². The smallest absolute Gasteiger partial charge is 0.338 e. The second-order valence-corrected chi connectivity index (χ2v) is 7.19. The molecule has 3 rings (SSSR count). The van der Waals surface area contributed by atoms with Crippen LogP contribution in [0.5, 0.6) is 0 Å². The van der Waals surface area contributed by atoms with Gasteiger partial charge in [0.25, 0.3) is 5.91 Å². The molecule has 1 aliphatic heterocycles. The lowest BCUT2D eigenvalue weighted by Gasteiger charge is -2.23. The van der Waals surface area contributed by atoms with Crippen LogP contribution in [0.25, 0.3) is 0 Å². The van der Waals surface area contributed by atoms with Gasteiger partial charge in [-0.3, -0.25) is 9.59 Å². The largest absolute Gasteiger partial charge is 0.452 e. The molecule has 1 unspecified atom stereocenters. The van der Waals surface area contributed by atoms with Crippen LogP contribution in [0.1, 0.15) is 41.0 Å². The van der Waals surface area contributed by atoms with Crippen LogP contribution in [-0.2, 0) is 14.3 Å². The molecule has 6 nitrogen and oxygen atoms in total. The number of hydrogen-bond acceptors (Lipinski definition) is 5. The average molecular weight is 390 g/mol. The normalized spacial score (nSPS) is 16.2. The highest BCUT2D eigenvalue weighted by atomic mass is 32.1. The molecule has 8 heteroatoms. The van der Waals surface area contributed by atoms with E-state index in [-0.39, 0.29) is 29.8 Å². The molecule has 2 heterocycles. The highest BCUT2D eigenvalue weighted by Gasteiger charge is 2.31. The zero-order valence-electron chi connectivity index (χ0n) is 14.7. The number of carbonyl (C=O) groups is 3. The van der Waals surface area contributed by atoms with E-state index in [1.807, 2.05) is 17.5 Å². The predicted molar refractivity (Wildman–Crippen MR) is 99.0 cm³/mol. The maximum absolute atomic E-state index is 13.7. The van der Waals surface area contributed by atoms with Crippen molar-refractivity contribution in [3.8, 4) is 0 Å². The molecule has 2 amide bonds. The molecule has 1 fully saturated rings. The molecular formula is C19H19FN2O4S. The first-order valence-electron chi connectivity index (χ1n) is 8.53. The van der Waals surface area contributed by atoms with Crippen LogP contribution in [0.4, 0.5) is 10.1 Å². The summed E-state index contributed by atoms with van der Waals surface area (Å²) in [6, 6.07) is 7.47. The van der Waals surface area contributed by atoms with Crippen LogP contribution in [0.15, 0.2) is 35.7 Å². The Morgan fingerprint density at radius 2 is 2.15 bits per heavy atom. The van der Waals surface area contributed by atoms with E-state index in [4.69, 9.17) is 4.74 Å². The molecule has 1 N–H and O–H groups in total. The average Bonchev–Trinajstić information content (AvgIpc) is 3.31. The van der Waals surface area contributed by atoms with Gasteiger partial charge in [-0.05, 0) is 42.5 Å².